The van der Waals surface area contributed by atoms with E-state index in [9.17, 15) is 0 Å². The monoisotopic (exact) mass is 95.1 g/mol. The van der Waals surface area contributed by atoms with Crippen LogP contribution in [0.2, 0.25) is 0 Å². The van der Waals surface area contributed by atoms with Crippen molar-refractivity contribution in [1.82, 2.24) is 0 Å². The Bertz CT molecular complexity index is 88.2. The van der Waals surface area contributed by atoms with Gasteiger partial charge in [-0.3, -0.25) is 0 Å². The number of rotatable bonds is 2. The molecule has 0 spiro atoms. The van der Waals surface area contributed by atoms with E-state index in [2.05, 4.69) is 6.58 Å². The van der Waals surface area contributed by atoms with E-state index >= 15 is 0 Å². The molecule has 0 aromatic rings. The van der Waals surface area contributed by atoms with Gasteiger partial charge in [0.15, 0.2) is 0 Å². The smallest absolute Gasteiger partial charge is 0.0311 e. The molecule has 0 aliphatic rings. The van der Waals surface area contributed by atoms with E-state index in [0.717, 1.165) is 17.6 Å². The Morgan fingerprint density at radius 2 is 2.14 bits per heavy atom. The molecule has 0 bridgehead atoms. The molecule has 0 unspecified atom stereocenters. The number of allylic oxidation sites excluding steroid dienone is 2. The summed E-state index contributed by atoms with van der Waals surface area (Å²) in [6, 6.07) is 0. The summed E-state index contributed by atoms with van der Waals surface area (Å²) in [4.78, 5) is 0. The molecular weight excluding hydrogens is 84.1 g/mol. The van der Waals surface area contributed by atoms with Crippen LogP contribution in [0, 0.1) is 6.58 Å². The highest BCUT2D eigenvalue weighted by Gasteiger charge is 1.85. The van der Waals surface area contributed by atoms with Crippen molar-refractivity contribution in [3.8, 4) is 0 Å². The molecule has 0 rings (SSSR count). The fourth-order valence-corrected chi connectivity index (χ4v) is 0.279. The molecule has 1 radical (unpaired) electrons. The molecule has 0 aliphatic carbocycles. The van der Waals surface area contributed by atoms with Gasteiger partial charge in [-0.15, -0.1) is 0 Å². The molecule has 0 aromatic carbocycles. The zero-order valence-electron chi connectivity index (χ0n) is 4.99. The fourth-order valence-electron chi connectivity index (χ4n) is 0.279. The summed E-state index contributed by atoms with van der Waals surface area (Å²) in [7, 11) is 0. The molecule has 0 atom stereocenters. The fraction of sp³-hybridized carbons (Fsp3) is 0.429. The first-order valence-electron chi connectivity index (χ1n) is 2.45. The highest BCUT2D eigenvalue weighted by atomic mass is 13.9. The van der Waals surface area contributed by atoms with Crippen molar-refractivity contribution in [2.75, 3.05) is 0 Å². The van der Waals surface area contributed by atoms with Gasteiger partial charge in [0, 0.05) is 0 Å². The van der Waals surface area contributed by atoms with Crippen LogP contribution < -0.4 is 0 Å². The lowest BCUT2D eigenvalue weighted by atomic mass is 10.1. The van der Waals surface area contributed by atoms with Gasteiger partial charge in [-0.05, 0) is 18.9 Å². The van der Waals surface area contributed by atoms with Gasteiger partial charge >= 0.3 is 0 Å². The van der Waals surface area contributed by atoms with Gasteiger partial charge < -0.3 is 0 Å². The largest absolute Gasteiger partial charge is 0.0956 e. The zero-order chi connectivity index (χ0) is 5.86. The highest BCUT2D eigenvalue weighted by molar-refractivity contribution is 5.20. The summed E-state index contributed by atoms with van der Waals surface area (Å²) in [5.74, 6) is 0. The number of hydrogen-bond donors (Lipinski definition) is 0. The molecule has 0 N–H and O–H groups in total. The van der Waals surface area contributed by atoms with Crippen molar-refractivity contribution < 1.29 is 0 Å². The minimum absolute atomic E-state index is 0.850. The van der Waals surface area contributed by atoms with Gasteiger partial charge in [0.1, 0.15) is 0 Å². The van der Waals surface area contributed by atoms with E-state index in [-0.39, 0.29) is 0 Å². The van der Waals surface area contributed by atoms with E-state index in [1.807, 2.05) is 13.8 Å². The standard InChI is InChI=1S/C7H11/c1-5-7(4)6(2)3/h2H,4-5H2,1,3H3. The van der Waals surface area contributed by atoms with E-state index in [4.69, 9.17) is 6.58 Å². The van der Waals surface area contributed by atoms with Crippen LogP contribution in [0.15, 0.2) is 17.7 Å². The summed E-state index contributed by atoms with van der Waals surface area (Å²) in [5.41, 5.74) is 1.89. The molecule has 0 fully saturated rings. The van der Waals surface area contributed by atoms with Crippen LogP contribution >= 0.6 is 0 Å². The van der Waals surface area contributed by atoms with Gasteiger partial charge in [0.2, 0.25) is 0 Å². The molecule has 0 saturated heterocycles. The quantitative estimate of drug-likeness (QED) is 0.462. The lowest BCUT2D eigenvalue weighted by molar-refractivity contribution is 1.12. The minimum atomic E-state index is 0.850. The average molecular weight is 95.2 g/mol. The topological polar surface area (TPSA) is 0 Å². The minimum Gasteiger partial charge on any atom is -0.0956 e. The maximum atomic E-state index is 5.36. The Balaban J connectivity index is 3.58. The molecule has 0 heteroatoms. The van der Waals surface area contributed by atoms with Gasteiger partial charge in [-0.2, -0.15) is 0 Å². The molecule has 0 heterocycles. The van der Waals surface area contributed by atoms with E-state index in [0.29, 0.717) is 0 Å². The molecule has 0 amide bonds. The van der Waals surface area contributed by atoms with Crippen molar-refractivity contribution in [2.45, 2.75) is 20.3 Å². The van der Waals surface area contributed by atoms with Crippen LogP contribution in [-0.4, -0.2) is 0 Å². The molecule has 0 aliphatic heterocycles. The zero-order valence-corrected chi connectivity index (χ0v) is 4.99. The highest BCUT2D eigenvalue weighted by Crippen LogP contribution is 2.05. The van der Waals surface area contributed by atoms with Crippen LogP contribution in [0.1, 0.15) is 20.3 Å². The summed E-state index contributed by atoms with van der Waals surface area (Å²) >= 11 is 0. The molecule has 0 saturated carbocycles. The number of hydrogen-bond acceptors (Lipinski definition) is 0. The van der Waals surface area contributed by atoms with E-state index < -0.39 is 0 Å². The van der Waals surface area contributed by atoms with Crippen molar-refractivity contribution >= 4 is 0 Å². The van der Waals surface area contributed by atoms with Crippen LogP contribution in [0.4, 0.5) is 0 Å². The first-order valence-corrected chi connectivity index (χ1v) is 2.45. The SMILES string of the molecule is [CH]=C(C)C(=C)CC. The van der Waals surface area contributed by atoms with E-state index in [1.165, 1.54) is 0 Å². The van der Waals surface area contributed by atoms with Crippen molar-refractivity contribution in [3.63, 3.8) is 0 Å². The third kappa shape index (κ3) is 2.21. The van der Waals surface area contributed by atoms with Crippen LogP contribution in [-0.2, 0) is 0 Å². The Kier molecular flexibility index (Phi) is 2.42. The van der Waals surface area contributed by atoms with Crippen LogP contribution in [0.3, 0.4) is 0 Å². The van der Waals surface area contributed by atoms with Crippen molar-refractivity contribution in [1.29, 1.82) is 0 Å². The Morgan fingerprint density at radius 1 is 1.71 bits per heavy atom. The van der Waals surface area contributed by atoms with Gasteiger partial charge in [-0.25, -0.2) is 0 Å². The van der Waals surface area contributed by atoms with Crippen molar-refractivity contribution in [3.05, 3.63) is 24.3 Å². The molecule has 0 aromatic heterocycles. The first-order chi connectivity index (χ1) is 3.18. The lowest BCUT2D eigenvalue weighted by Crippen LogP contribution is -1.75. The summed E-state index contributed by atoms with van der Waals surface area (Å²) < 4.78 is 0. The van der Waals surface area contributed by atoms with Gasteiger partial charge in [0.25, 0.3) is 0 Å². The maximum absolute atomic E-state index is 5.36. The molecular formula is C7H11. The maximum Gasteiger partial charge on any atom is -0.0311 e. The Morgan fingerprint density at radius 3 is 2.14 bits per heavy atom. The predicted molar refractivity (Wildman–Crippen MR) is 32.9 cm³/mol. The van der Waals surface area contributed by atoms with Gasteiger partial charge in [0.05, 0.1) is 0 Å². The second-order valence-corrected chi connectivity index (χ2v) is 1.64. The summed E-state index contributed by atoms with van der Waals surface area (Å²) in [6.45, 7) is 13.0. The second kappa shape index (κ2) is 2.62. The van der Waals surface area contributed by atoms with Crippen LogP contribution in [0.25, 0.3) is 0 Å². The molecule has 39 valence electrons. The molecule has 7 heavy (non-hydrogen) atoms. The summed E-state index contributed by atoms with van der Waals surface area (Å²) in [6.07, 6.45) is 0.961. The van der Waals surface area contributed by atoms with Gasteiger partial charge in [-0.1, -0.05) is 25.7 Å². The Hall–Kier alpha value is -0.520. The van der Waals surface area contributed by atoms with Crippen molar-refractivity contribution in [2.24, 2.45) is 0 Å². The average Bonchev–Trinajstić information content (AvgIpc) is 1.65. The normalized spacial score (nSPS) is 8.29. The molecule has 0 nitrogen and oxygen atoms in total. The second-order valence-electron chi connectivity index (χ2n) is 1.64. The van der Waals surface area contributed by atoms with Crippen LogP contribution in [0.5, 0.6) is 0 Å². The third-order valence-corrected chi connectivity index (χ3v) is 0.984. The third-order valence-electron chi connectivity index (χ3n) is 0.984. The lowest BCUT2D eigenvalue weighted by Gasteiger charge is -1.95. The predicted octanol–water partition coefficient (Wildman–Crippen LogP) is 2.33. The Labute approximate surface area is 45.5 Å². The summed E-state index contributed by atoms with van der Waals surface area (Å²) in [5, 5.41) is 0. The van der Waals surface area contributed by atoms with E-state index in [1.54, 1.807) is 0 Å². The first kappa shape index (κ1) is 6.48.